The molecule has 3 nitrogen and oxygen atoms in total. The van der Waals surface area contributed by atoms with Crippen LogP contribution in [0.25, 0.3) is 0 Å². The van der Waals surface area contributed by atoms with Crippen LogP contribution in [-0.4, -0.2) is 32.1 Å². The summed E-state index contributed by atoms with van der Waals surface area (Å²) in [5.74, 6) is 0. The largest absolute Gasteiger partial charge is 0.438 e. The van der Waals surface area contributed by atoms with Gasteiger partial charge in [-0.25, -0.2) is 0 Å². The van der Waals surface area contributed by atoms with Crippen LogP contribution < -0.4 is 0 Å². The molecular formula is C6H14O3Si. The minimum absolute atomic E-state index is 0.0671. The highest BCUT2D eigenvalue weighted by Gasteiger charge is 2.09. The summed E-state index contributed by atoms with van der Waals surface area (Å²) in [7, 11) is -1.12. The maximum atomic E-state index is 9.99. The molecule has 4 heteroatoms. The summed E-state index contributed by atoms with van der Waals surface area (Å²) < 4.78 is 0. The lowest BCUT2D eigenvalue weighted by atomic mass is 10.2. The summed E-state index contributed by atoms with van der Waals surface area (Å²) in [6.07, 6.45) is 1.36. The van der Waals surface area contributed by atoms with Gasteiger partial charge in [0.2, 0.25) is 0 Å². The highest BCUT2D eigenvalue weighted by molar-refractivity contribution is 6.28. The molecule has 2 N–H and O–H groups in total. The third-order valence-corrected chi connectivity index (χ3v) is 2.55. The molecule has 0 aromatic carbocycles. The molecule has 0 saturated carbocycles. The number of aliphatic hydroxyl groups is 1. The van der Waals surface area contributed by atoms with Gasteiger partial charge in [0.25, 0.3) is 0 Å². The molecule has 0 fully saturated rings. The topological polar surface area (TPSA) is 57.5 Å². The molecule has 2 unspecified atom stereocenters. The zero-order chi connectivity index (χ0) is 7.98. The average Bonchev–Trinajstić information content (AvgIpc) is 1.86. The van der Waals surface area contributed by atoms with Crippen molar-refractivity contribution in [2.75, 3.05) is 0 Å². The van der Waals surface area contributed by atoms with Gasteiger partial charge in [0.15, 0.2) is 9.76 Å². The quantitative estimate of drug-likeness (QED) is 0.411. The van der Waals surface area contributed by atoms with Gasteiger partial charge in [0.05, 0.1) is 6.10 Å². The average molecular weight is 162 g/mol. The first-order valence-electron chi connectivity index (χ1n) is 3.43. The fourth-order valence-electron chi connectivity index (χ4n) is 0.864. The second-order valence-corrected chi connectivity index (χ2v) is 4.06. The molecule has 0 heterocycles. The molecule has 0 aliphatic heterocycles. The van der Waals surface area contributed by atoms with Crippen molar-refractivity contribution in [3.05, 3.63) is 0 Å². The standard InChI is InChI=1S/C6H14O3Si/c1-5(8)4-6(10-9)2-3-7/h3,5-6,8-9H,2,4,10H2,1H3. The molecule has 0 radical (unpaired) electrons. The van der Waals surface area contributed by atoms with Crippen LogP contribution in [0.5, 0.6) is 0 Å². The Kier molecular flexibility index (Phi) is 5.47. The van der Waals surface area contributed by atoms with Crippen molar-refractivity contribution in [3.8, 4) is 0 Å². The zero-order valence-corrected chi connectivity index (χ0v) is 7.57. The highest BCUT2D eigenvalue weighted by Crippen LogP contribution is 2.13. The van der Waals surface area contributed by atoms with E-state index in [1.165, 1.54) is 0 Å². The molecule has 0 amide bonds. The lowest BCUT2D eigenvalue weighted by molar-refractivity contribution is -0.108. The Labute approximate surface area is 63.0 Å². The first kappa shape index (κ1) is 9.81. The van der Waals surface area contributed by atoms with Crippen LogP contribution in [0.2, 0.25) is 5.54 Å². The van der Waals surface area contributed by atoms with Crippen molar-refractivity contribution in [2.24, 2.45) is 0 Å². The van der Waals surface area contributed by atoms with Gasteiger partial charge >= 0.3 is 0 Å². The fourth-order valence-corrected chi connectivity index (χ4v) is 1.78. The van der Waals surface area contributed by atoms with Crippen LogP contribution in [0, 0.1) is 0 Å². The van der Waals surface area contributed by atoms with E-state index < -0.39 is 15.9 Å². The molecule has 2 atom stereocenters. The van der Waals surface area contributed by atoms with Crippen LogP contribution in [0.4, 0.5) is 0 Å². The van der Waals surface area contributed by atoms with Gasteiger partial charge in [0, 0.05) is 6.42 Å². The van der Waals surface area contributed by atoms with Crippen LogP contribution >= 0.6 is 0 Å². The van der Waals surface area contributed by atoms with E-state index in [1.54, 1.807) is 6.92 Å². The van der Waals surface area contributed by atoms with Crippen molar-refractivity contribution in [1.82, 2.24) is 0 Å². The van der Waals surface area contributed by atoms with Crippen LogP contribution in [0.15, 0.2) is 0 Å². The molecule has 0 aliphatic rings. The first-order valence-corrected chi connectivity index (χ1v) is 4.88. The Morgan fingerprint density at radius 1 is 1.70 bits per heavy atom. The van der Waals surface area contributed by atoms with E-state index in [0.29, 0.717) is 12.8 Å². The molecule has 0 bridgehead atoms. The van der Waals surface area contributed by atoms with Crippen molar-refractivity contribution < 1.29 is 14.7 Å². The van der Waals surface area contributed by atoms with Gasteiger partial charge in [-0.05, 0) is 18.9 Å². The smallest absolute Gasteiger partial charge is 0.160 e. The Balaban J connectivity index is 3.48. The number of carbonyl (C=O) groups excluding carboxylic acids is 1. The van der Waals surface area contributed by atoms with Crippen molar-refractivity contribution >= 4 is 16.0 Å². The summed E-state index contributed by atoms with van der Waals surface area (Å²) in [5.41, 5.74) is 0.0671. The summed E-state index contributed by atoms with van der Waals surface area (Å²) in [6.45, 7) is 1.67. The Hall–Kier alpha value is -0.193. The molecule has 0 rings (SSSR count). The lowest BCUT2D eigenvalue weighted by Gasteiger charge is -2.10. The Bertz CT molecular complexity index is 95.0. The van der Waals surface area contributed by atoms with Gasteiger partial charge < -0.3 is 14.7 Å². The molecule has 0 aromatic rings. The second-order valence-electron chi connectivity index (χ2n) is 2.54. The van der Waals surface area contributed by atoms with E-state index in [-0.39, 0.29) is 5.54 Å². The number of rotatable bonds is 5. The predicted molar refractivity (Wildman–Crippen MR) is 41.5 cm³/mol. The van der Waals surface area contributed by atoms with E-state index in [9.17, 15) is 4.79 Å². The summed E-state index contributed by atoms with van der Waals surface area (Å²) >= 11 is 0. The van der Waals surface area contributed by atoms with Crippen molar-refractivity contribution in [1.29, 1.82) is 0 Å². The van der Waals surface area contributed by atoms with E-state index in [4.69, 9.17) is 9.90 Å². The van der Waals surface area contributed by atoms with E-state index >= 15 is 0 Å². The Morgan fingerprint density at radius 3 is 2.60 bits per heavy atom. The van der Waals surface area contributed by atoms with E-state index in [0.717, 1.165) is 6.29 Å². The molecular weight excluding hydrogens is 148 g/mol. The maximum absolute atomic E-state index is 9.99. The first-order chi connectivity index (χ1) is 4.70. The zero-order valence-electron chi connectivity index (χ0n) is 6.16. The van der Waals surface area contributed by atoms with E-state index in [1.807, 2.05) is 0 Å². The van der Waals surface area contributed by atoms with Gasteiger partial charge in [0.1, 0.15) is 6.29 Å². The molecule has 0 aromatic heterocycles. The third kappa shape index (κ3) is 4.66. The fraction of sp³-hybridized carbons (Fsp3) is 0.833. The summed E-state index contributed by atoms with van der Waals surface area (Å²) in [6, 6.07) is 0. The van der Waals surface area contributed by atoms with Crippen LogP contribution in [0.1, 0.15) is 19.8 Å². The highest BCUT2D eigenvalue weighted by atomic mass is 28.2. The number of hydrogen-bond donors (Lipinski definition) is 2. The number of aliphatic hydroxyl groups excluding tert-OH is 1. The van der Waals surface area contributed by atoms with Crippen LogP contribution in [-0.2, 0) is 4.79 Å². The number of hydrogen-bond acceptors (Lipinski definition) is 3. The normalized spacial score (nSPS) is 17.5. The molecule has 0 aliphatic carbocycles. The molecule has 0 spiro atoms. The third-order valence-electron chi connectivity index (χ3n) is 1.36. The summed E-state index contributed by atoms with van der Waals surface area (Å²) in [5, 5.41) is 8.88. The minimum atomic E-state index is -1.12. The number of aldehydes is 1. The van der Waals surface area contributed by atoms with Gasteiger partial charge in [-0.3, -0.25) is 0 Å². The van der Waals surface area contributed by atoms with Crippen molar-refractivity contribution in [3.63, 3.8) is 0 Å². The van der Waals surface area contributed by atoms with Gasteiger partial charge in [-0.15, -0.1) is 0 Å². The monoisotopic (exact) mass is 162 g/mol. The van der Waals surface area contributed by atoms with Crippen molar-refractivity contribution in [2.45, 2.75) is 31.4 Å². The number of carbonyl (C=O) groups is 1. The minimum Gasteiger partial charge on any atom is -0.438 e. The predicted octanol–water partition coefficient (Wildman–Crippen LogP) is -0.789. The van der Waals surface area contributed by atoms with E-state index in [2.05, 4.69) is 0 Å². The second kappa shape index (κ2) is 5.58. The maximum Gasteiger partial charge on any atom is 0.160 e. The van der Waals surface area contributed by atoms with Gasteiger partial charge in [-0.2, -0.15) is 0 Å². The van der Waals surface area contributed by atoms with Crippen LogP contribution in [0.3, 0.4) is 0 Å². The molecule has 10 heavy (non-hydrogen) atoms. The lowest BCUT2D eigenvalue weighted by Crippen LogP contribution is -2.11. The SMILES string of the molecule is CC(O)CC(CC=O)[SiH2]O. The molecule has 60 valence electrons. The summed E-state index contributed by atoms with van der Waals surface area (Å²) in [4.78, 5) is 18.8. The Morgan fingerprint density at radius 2 is 2.30 bits per heavy atom. The molecule has 0 saturated heterocycles. The van der Waals surface area contributed by atoms with Gasteiger partial charge in [-0.1, -0.05) is 0 Å².